The summed E-state index contributed by atoms with van der Waals surface area (Å²) in [5.74, 6) is 0. The largest absolute Gasteiger partial charge is 0.383 e. The van der Waals surface area contributed by atoms with Crippen molar-refractivity contribution in [3.63, 3.8) is 0 Å². The molecule has 2 aromatic rings. The van der Waals surface area contributed by atoms with Crippen LogP contribution in [0, 0.1) is 6.92 Å². The molecule has 1 aromatic carbocycles. The third-order valence-electron chi connectivity index (χ3n) is 3.56. The lowest BCUT2D eigenvalue weighted by Crippen LogP contribution is -2.27. The molecule has 1 N–H and O–H groups in total. The number of aryl methyl sites for hydroxylation is 2. The highest BCUT2D eigenvalue weighted by Crippen LogP contribution is 2.17. The molecule has 0 unspecified atom stereocenters. The maximum absolute atomic E-state index is 12.1. The molecule has 1 aliphatic heterocycles. The fourth-order valence-electron chi connectivity index (χ4n) is 2.41. The second-order valence-corrected chi connectivity index (χ2v) is 4.96. The maximum Gasteiger partial charge on any atom is 0.269 e. The molecule has 1 aromatic heterocycles. The molecule has 1 aliphatic rings. The second-order valence-electron chi connectivity index (χ2n) is 4.96. The summed E-state index contributed by atoms with van der Waals surface area (Å²) in [6.07, 6.45) is 2.01. The minimum Gasteiger partial charge on any atom is -0.383 e. The molecule has 4 nitrogen and oxygen atoms in total. The Morgan fingerprint density at radius 3 is 3.05 bits per heavy atom. The standard InChI is InChI=1S/C15H17N3O/c1-11-5-2-3-6-12(11)10-18-15(19)9-14-13(17-18)7-4-8-16-14/h2-3,5-6,9,16H,4,7-8,10H2,1H3. The average Bonchev–Trinajstić information content (AvgIpc) is 2.42. The predicted molar refractivity (Wildman–Crippen MR) is 75.6 cm³/mol. The zero-order valence-corrected chi connectivity index (χ0v) is 11.0. The Kier molecular flexibility index (Phi) is 3.07. The van der Waals surface area contributed by atoms with Crippen molar-refractivity contribution in [2.24, 2.45) is 0 Å². The van der Waals surface area contributed by atoms with E-state index >= 15 is 0 Å². The number of rotatable bonds is 2. The van der Waals surface area contributed by atoms with Gasteiger partial charge in [0.2, 0.25) is 0 Å². The molecule has 0 fully saturated rings. The van der Waals surface area contributed by atoms with Crippen molar-refractivity contribution in [2.75, 3.05) is 11.9 Å². The van der Waals surface area contributed by atoms with Crippen LogP contribution in [0.2, 0.25) is 0 Å². The van der Waals surface area contributed by atoms with Crippen LogP contribution in [-0.2, 0) is 13.0 Å². The van der Waals surface area contributed by atoms with Crippen LogP contribution in [0.1, 0.15) is 23.2 Å². The first kappa shape index (κ1) is 12.0. The number of hydrogen-bond donors (Lipinski definition) is 1. The summed E-state index contributed by atoms with van der Waals surface area (Å²) < 4.78 is 1.56. The fourth-order valence-corrected chi connectivity index (χ4v) is 2.41. The third kappa shape index (κ3) is 2.38. The molecule has 19 heavy (non-hydrogen) atoms. The van der Waals surface area contributed by atoms with Crippen molar-refractivity contribution in [1.29, 1.82) is 0 Å². The van der Waals surface area contributed by atoms with E-state index in [1.807, 2.05) is 18.2 Å². The van der Waals surface area contributed by atoms with E-state index in [1.54, 1.807) is 10.7 Å². The van der Waals surface area contributed by atoms with E-state index in [2.05, 4.69) is 23.4 Å². The maximum atomic E-state index is 12.1. The number of benzene rings is 1. The van der Waals surface area contributed by atoms with Crippen molar-refractivity contribution in [2.45, 2.75) is 26.3 Å². The molecule has 0 radical (unpaired) electrons. The molecule has 4 heteroatoms. The SMILES string of the molecule is Cc1ccccc1Cn1nc2c(cc1=O)NCCC2. The van der Waals surface area contributed by atoms with E-state index in [0.29, 0.717) is 6.54 Å². The van der Waals surface area contributed by atoms with Crippen molar-refractivity contribution >= 4 is 5.69 Å². The van der Waals surface area contributed by atoms with Crippen LogP contribution in [0.5, 0.6) is 0 Å². The number of nitrogens with zero attached hydrogens (tertiary/aromatic N) is 2. The number of hydrogen-bond acceptors (Lipinski definition) is 3. The van der Waals surface area contributed by atoms with Gasteiger partial charge in [-0.05, 0) is 30.9 Å². The zero-order chi connectivity index (χ0) is 13.2. The number of aromatic nitrogens is 2. The lowest BCUT2D eigenvalue weighted by Gasteiger charge is -2.18. The summed E-state index contributed by atoms with van der Waals surface area (Å²) in [7, 11) is 0. The minimum atomic E-state index is -0.0450. The van der Waals surface area contributed by atoms with Crippen molar-refractivity contribution in [3.05, 3.63) is 57.5 Å². The molecule has 0 bridgehead atoms. The first-order valence-electron chi connectivity index (χ1n) is 6.63. The summed E-state index contributed by atoms with van der Waals surface area (Å²) in [4.78, 5) is 12.1. The van der Waals surface area contributed by atoms with Crippen molar-refractivity contribution < 1.29 is 0 Å². The van der Waals surface area contributed by atoms with Crippen molar-refractivity contribution in [3.8, 4) is 0 Å². The summed E-state index contributed by atoms with van der Waals surface area (Å²) in [5.41, 5.74) is 4.18. The lowest BCUT2D eigenvalue weighted by atomic mass is 10.1. The van der Waals surface area contributed by atoms with Gasteiger partial charge in [-0.2, -0.15) is 5.10 Å². The molecule has 98 valence electrons. The normalized spacial score (nSPS) is 13.7. The molecule has 0 saturated heterocycles. The molecule has 3 rings (SSSR count). The van der Waals surface area contributed by atoms with E-state index in [0.717, 1.165) is 36.3 Å². The second kappa shape index (κ2) is 4.88. The number of fused-ring (bicyclic) bond motifs is 1. The quantitative estimate of drug-likeness (QED) is 0.892. The van der Waals surface area contributed by atoms with Crippen LogP contribution in [0.15, 0.2) is 35.1 Å². The van der Waals surface area contributed by atoms with Crippen molar-refractivity contribution in [1.82, 2.24) is 9.78 Å². The summed E-state index contributed by atoms with van der Waals surface area (Å²) in [6.45, 7) is 3.52. The highest BCUT2D eigenvalue weighted by Gasteiger charge is 2.13. The molecule has 0 amide bonds. The average molecular weight is 255 g/mol. The van der Waals surface area contributed by atoms with Crippen LogP contribution in [0.25, 0.3) is 0 Å². The van der Waals surface area contributed by atoms with E-state index in [1.165, 1.54) is 5.56 Å². The van der Waals surface area contributed by atoms with Crippen LogP contribution in [0.3, 0.4) is 0 Å². The monoisotopic (exact) mass is 255 g/mol. The molecule has 0 spiro atoms. The van der Waals surface area contributed by atoms with Gasteiger partial charge in [0, 0.05) is 12.6 Å². The topological polar surface area (TPSA) is 46.9 Å². The smallest absolute Gasteiger partial charge is 0.269 e. The van der Waals surface area contributed by atoms with Gasteiger partial charge in [-0.1, -0.05) is 24.3 Å². The summed E-state index contributed by atoms with van der Waals surface area (Å²) in [6, 6.07) is 9.76. The highest BCUT2D eigenvalue weighted by molar-refractivity contribution is 5.48. The molecular formula is C15H17N3O. The van der Waals surface area contributed by atoms with Gasteiger partial charge in [0.15, 0.2) is 0 Å². The third-order valence-corrected chi connectivity index (χ3v) is 3.56. The Morgan fingerprint density at radius 1 is 1.37 bits per heavy atom. The van der Waals surface area contributed by atoms with Gasteiger partial charge in [-0.15, -0.1) is 0 Å². The number of nitrogens with one attached hydrogen (secondary N) is 1. The Balaban J connectivity index is 1.97. The van der Waals surface area contributed by atoms with E-state index in [4.69, 9.17) is 0 Å². The zero-order valence-electron chi connectivity index (χ0n) is 11.0. The van der Waals surface area contributed by atoms with Crippen LogP contribution < -0.4 is 10.9 Å². The van der Waals surface area contributed by atoms with Gasteiger partial charge in [-0.3, -0.25) is 4.79 Å². The van der Waals surface area contributed by atoms with Gasteiger partial charge in [0.05, 0.1) is 17.9 Å². The van der Waals surface area contributed by atoms with E-state index in [9.17, 15) is 4.79 Å². The summed E-state index contributed by atoms with van der Waals surface area (Å²) >= 11 is 0. The molecule has 0 saturated carbocycles. The van der Waals surface area contributed by atoms with E-state index in [-0.39, 0.29) is 5.56 Å². The minimum absolute atomic E-state index is 0.0450. The summed E-state index contributed by atoms with van der Waals surface area (Å²) in [5, 5.41) is 7.72. The first-order chi connectivity index (χ1) is 9.24. The molecule has 0 aliphatic carbocycles. The van der Waals surface area contributed by atoms with Gasteiger partial charge in [0.25, 0.3) is 5.56 Å². The highest BCUT2D eigenvalue weighted by atomic mass is 16.1. The predicted octanol–water partition coefficient (Wildman–Crippen LogP) is 1.96. The van der Waals surface area contributed by atoms with Gasteiger partial charge in [-0.25, -0.2) is 4.68 Å². The Hall–Kier alpha value is -2.10. The molecular weight excluding hydrogens is 238 g/mol. The number of anilines is 1. The van der Waals surface area contributed by atoms with E-state index < -0.39 is 0 Å². The Morgan fingerprint density at radius 2 is 2.21 bits per heavy atom. The first-order valence-corrected chi connectivity index (χ1v) is 6.63. The lowest BCUT2D eigenvalue weighted by molar-refractivity contribution is 0.606. The van der Waals surface area contributed by atoms with Gasteiger partial charge in [0.1, 0.15) is 0 Å². The molecule has 2 heterocycles. The van der Waals surface area contributed by atoms with Gasteiger partial charge < -0.3 is 5.32 Å². The molecule has 0 atom stereocenters. The van der Waals surface area contributed by atoms with Crippen LogP contribution in [0.4, 0.5) is 5.69 Å². The van der Waals surface area contributed by atoms with Gasteiger partial charge >= 0.3 is 0 Å². The Labute approximate surface area is 112 Å². The Bertz CT molecular complexity index is 661. The van der Waals surface area contributed by atoms with Crippen LogP contribution in [-0.4, -0.2) is 16.3 Å². The van der Waals surface area contributed by atoms with Crippen LogP contribution >= 0.6 is 0 Å². The fraction of sp³-hybridized carbons (Fsp3) is 0.333.